The monoisotopic (exact) mass is 704 g/mol. The van der Waals surface area contributed by atoms with Crippen LogP contribution in [0.2, 0.25) is 0 Å². The Bertz CT molecular complexity index is 1150. The third kappa shape index (κ3) is 7.04. The van der Waals surface area contributed by atoms with E-state index in [2.05, 4.69) is 65.5 Å². The topological polar surface area (TPSA) is 31.3 Å². The summed E-state index contributed by atoms with van der Waals surface area (Å²) in [4.78, 5) is 4.04. The fourth-order valence-electron chi connectivity index (χ4n) is 5.94. The van der Waals surface area contributed by atoms with Crippen LogP contribution in [-0.4, -0.2) is 53.0 Å². The second-order valence-corrected chi connectivity index (χ2v) is 13.8. The second-order valence-electron chi connectivity index (χ2n) is 11.4. The number of halogens is 4. The fourth-order valence-corrected chi connectivity index (χ4v) is 7.86. The van der Waals surface area contributed by atoms with Crippen molar-refractivity contribution in [1.29, 1.82) is 0 Å². The largest absolute Gasteiger partial charge is 0.488 e. The highest BCUT2D eigenvalue weighted by Gasteiger charge is 2.53. The number of nitrogens with zero attached hydrogens (tertiary/aromatic N) is 4. The maximum Gasteiger partial charge on any atom is 0.282 e. The lowest BCUT2D eigenvalue weighted by atomic mass is 9.61. The smallest absolute Gasteiger partial charge is 0.282 e. The van der Waals surface area contributed by atoms with E-state index in [-0.39, 0.29) is 28.9 Å². The van der Waals surface area contributed by atoms with Crippen LogP contribution in [-0.2, 0) is 4.74 Å². The standard InChI is InChI=1S/C30H41ClF2IN4OP/c1-6-9-25-27(31)22(17-35-38(25)40-34)10-8-13-36-18-30(19-36)15-24(16-30)39-26-12-11-23(14-21(5)7-2)37(20(3)4)28(26)29(32)33/h9,11-12,14,17,21,24,29,40H,3,6-8,10,13,15-16,18-19H2,1-2,4-5H3/b23-14-,25-9+. The molecular weight excluding hydrogens is 664 g/mol. The number of ether oxygens (including phenoxy) is 1. The summed E-state index contributed by atoms with van der Waals surface area (Å²) in [6.45, 7) is 15.1. The lowest BCUT2D eigenvalue weighted by Crippen LogP contribution is -2.64. The molecule has 0 aromatic carbocycles. The molecule has 220 valence electrons. The summed E-state index contributed by atoms with van der Waals surface area (Å²) < 4.78 is 36.7. The summed E-state index contributed by atoms with van der Waals surface area (Å²) in [5.41, 5.74) is 3.58. The minimum Gasteiger partial charge on any atom is -0.488 e. The molecule has 0 radical (unpaired) electrons. The predicted octanol–water partition coefficient (Wildman–Crippen LogP) is 9.09. The van der Waals surface area contributed by atoms with Crippen LogP contribution in [0, 0.1) is 11.3 Å². The minimum absolute atomic E-state index is 0.0321. The highest BCUT2D eigenvalue weighted by Crippen LogP contribution is 2.51. The lowest BCUT2D eigenvalue weighted by Gasteiger charge is -2.59. The van der Waals surface area contributed by atoms with Gasteiger partial charge in [-0.3, -0.25) is 0 Å². The molecule has 0 aromatic heterocycles. The maximum absolute atomic E-state index is 14.3. The molecular formula is C30H41ClF2IN4OP. The van der Waals surface area contributed by atoms with Gasteiger partial charge in [0.25, 0.3) is 6.43 Å². The van der Waals surface area contributed by atoms with Crippen LogP contribution in [0.1, 0.15) is 66.2 Å². The highest BCUT2D eigenvalue weighted by molar-refractivity contribution is 14.2. The van der Waals surface area contributed by atoms with Gasteiger partial charge in [-0.2, -0.15) is 5.10 Å². The number of hydrogen-bond donors (Lipinski definition) is 0. The zero-order valence-corrected chi connectivity index (χ0v) is 27.8. The van der Waals surface area contributed by atoms with Crippen molar-refractivity contribution in [3.63, 3.8) is 0 Å². The van der Waals surface area contributed by atoms with E-state index in [0.29, 0.717) is 12.1 Å². The van der Waals surface area contributed by atoms with Gasteiger partial charge in [0.1, 0.15) is 17.6 Å². The third-order valence-corrected chi connectivity index (χ3v) is 10.4. The third-order valence-electron chi connectivity index (χ3n) is 8.04. The first-order valence-corrected chi connectivity index (χ1v) is 18.6. The summed E-state index contributed by atoms with van der Waals surface area (Å²) in [5, 5.41) is 5.39. The maximum atomic E-state index is 14.3. The van der Waals surface area contributed by atoms with Gasteiger partial charge in [-0.25, -0.2) is 13.6 Å². The number of hydrazone groups is 1. The molecule has 0 N–H and O–H groups in total. The van der Waals surface area contributed by atoms with Crippen molar-refractivity contribution in [2.24, 2.45) is 16.4 Å². The van der Waals surface area contributed by atoms with Crippen molar-refractivity contribution >= 4 is 46.2 Å². The zero-order valence-electron chi connectivity index (χ0n) is 23.9. The molecule has 0 bridgehead atoms. The van der Waals surface area contributed by atoms with Crippen LogP contribution in [0.4, 0.5) is 8.78 Å². The molecule has 2 fully saturated rings. The molecule has 1 spiro atoms. The van der Waals surface area contributed by atoms with Gasteiger partial charge in [0, 0.05) is 29.9 Å². The van der Waals surface area contributed by atoms with Gasteiger partial charge < -0.3 is 14.5 Å². The number of hydrogen-bond acceptors (Lipinski definition) is 5. The number of likely N-dealkylation sites (tertiary alicyclic amines) is 1. The molecule has 40 heavy (non-hydrogen) atoms. The van der Waals surface area contributed by atoms with Crippen molar-refractivity contribution < 1.29 is 13.5 Å². The zero-order chi connectivity index (χ0) is 29.0. The SMILES string of the molecule is C=C(C)N1C(C(F)F)=C(OC2CC3(C2)CN(CCCC2=C(Cl)/C(=C\CC)N(PI)N=C2)C3)C=C/C1=C/C(C)CC. The van der Waals surface area contributed by atoms with Crippen LogP contribution in [0.3, 0.4) is 0 Å². The Hall–Kier alpha value is -1.22. The predicted molar refractivity (Wildman–Crippen MR) is 172 cm³/mol. The van der Waals surface area contributed by atoms with E-state index >= 15 is 0 Å². The van der Waals surface area contributed by atoms with E-state index in [1.54, 1.807) is 17.9 Å². The van der Waals surface area contributed by atoms with Crippen LogP contribution in [0.15, 0.2) is 75.1 Å². The van der Waals surface area contributed by atoms with E-state index in [9.17, 15) is 8.78 Å². The second kappa shape index (κ2) is 13.8. The van der Waals surface area contributed by atoms with Gasteiger partial charge in [-0.1, -0.05) is 57.5 Å². The first-order chi connectivity index (χ1) is 19.1. The summed E-state index contributed by atoms with van der Waals surface area (Å²) in [7, 11) is 0. The molecule has 1 saturated carbocycles. The molecule has 3 aliphatic heterocycles. The fraction of sp³-hybridized carbons (Fsp3) is 0.567. The Morgan fingerprint density at radius 2 is 2.05 bits per heavy atom. The molecule has 2 atom stereocenters. The molecule has 2 unspecified atom stereocenters. The molecule has 0 amide bonds. The van der Waals surface area contributed by atoms with Crippen molar-refractivity contribution in [1.82, 2.24) is 14.6 Å². The summed E-state index contributed by atoms with van der Waals surface area (Å²) in [6.07, 6.45) is 13.1. The molecule has 5 nitrogen and oxygen atoms in total. The first-order valence-electron chi connectivity index (χ1n) is 14.2. The van der Waals surface area contributed by atoms with E-state index in [1.165, 1.54) is 0 Å². The number of allylic oxidation sites excluding steroid dienone is 8. The van der Waals surface area contributed by atoms with Crippen molar-refractivity contribution in [3.8, 4) is 0 Å². The Balaban J connectivity index is 1.28. The van der Waals surface area contributed by atoms with Crippen LogP contribution in [0.25, 0.3) is 0 Å². The average Bonchev–Trinajstić information content (AvgIpc) is 2.87. The Labute approximate surface area is 258 Å². The van der Waals surface area contributed by atoms with Gasteiger partial charge in [0.15, 0.2) is 0 Å². The van der Waals surface area contributed by atoms with Crippen LogP contribution >= 0.6 is 40.0 Å². The highest BCUT2D eigenvalue weighted by atomic mass is 127. The Morgan fingerprint density at radius 1 is 1.32 bits per heavy atom. The molecule has 1 aliphatic carbocycles. The minimum atomic E-state index is -2.65. The van der Waals surface area contributed by atoms with E-state index in [1.807, 2.05) is 23.1 Å². The van der Waals surface area contributed by atoms with Gasteiger partial charge in [-0.05, 0) is 91.3 Å². The molecule has 3 heterocycles. The van der Waals surface area contributed by atoms with E-state index in [0.717, 1.165) is 80.2 Å². The van der Waals surface area contributed by atoms with Crippen LogP contribution in [0.5, 0.6) is 0 Å². The summed E-state index contributed by atoms with van der Waals surface area (Å²) in [6, 6.07) is 0. The van der Waals surface area contributed by atoms with Crippen molar-refractivity contribution in [2.45, 2.75) is 78.7 Å². The number of rotatable bonds is 12. The van der Waals surface area contributed by atoms with Gasteiger partial charge in [-0.15, -0.1) is 0 Å². The summed E-state index contributed by atoms with van der Waals surface area (Å²) in [5.74, 6) is 0.551. The molecule has 0 aromatic rings. The quantitative estimate of drug-likeness (QED) is 0.150. The molecule has 4 rings (SSSR count). The van der Waals surface area contributed by atoms with Crippen LogP contribution < -0.4 is 0 Å². The molecule has 10 heteroatoms. The summed E-state index contributed by atoms with van der Waals surface area (Å²) >= 11 is 9.04. The average molecular weight is 705 g/mol. The van der Waals surface area contributed by atoms with Crippen molar-refractivity contribution in [2.75, 3.05) is 19.6 Å². The van der Waals surface area contributed by atoms with Gasteiger partial charge >= 0.3 is 0 Å². The van der Waals surface area contributed by atoms with E-state index in [4.69, 9.17) is 16.3 Å². The Morgan fingerprint density at radius 3 is 2.65 bits per heavy atom. The van der Waals surface area contributed by atoms with Gasteiger partial charge in [0.2, 0.25) is 0 Å². The normalized spacial score (nSPS) is 24.3. The number of alkyl halides is 2. The Kier molecular flexibility index (Phi) is 11.0. The molecule has 1 saturated heterocycles. The van der Waals surface area contributed by atoms with E-state index < -0.39 is 6.43 Å². The van der Waals surface area contributed by atoms with Gasteiger partial charge in [0.05, 0.1) is 23.3 Å². The molecule has 4 aliphatic rings. The van der Waals surface area contributed by atoms with Crippen molar-refractivity contribution in [3.05, 3.63) is 70.0 Å². The first kappa shape index (κ1) is 31.7. The lowest BCUT2D eigenvalue weighted by molar-refractivity contribution is -0.136.